The summed E-state index contributed by atoms with van der Waals surface area (Å²) in [6, 6.07) is 3.32. The third-order valence-corrected chi connectivity index (χ3v) is 4.19. The lowest BCUT2D eigenvalue weighted by Gasteiger charge is -2.16. The fraction of sp³-hybridized carbons (Fsp3) is 0.353. The van der Waals surface area contributed by atoms with Crippen molar-refractivity contribution in [1.82, 2.24) is 9.88 Å². The molecule has 0 radical (unpaired) electrons. The van der Waals surface area contributed by atoms with Crippen LogP contribution >= 0.6 is 0 Å². The molecule has 1 aliphatic rings. The van der Waals surface area contributed by atoms with Crippen LogP contribution in [0.5, 0.6) is 5.75 Å². The Hall–Kier alpha value is -2.92. The highest BCUT2D eigenvalue weighted by molar-refractivity contribution is 7.85. The molecule has 5 N–H and O–H groups in total. The van der Waals surface area contributed by atoms with E-state index >= 15 is 0 Å². The number of nitrogens with one attached hydrogen (secondary N) is 1. The molecule has 1 aromatic heterocycles. The van der Waals surface area contributed by atoms with Gasteiger partial charge in [0.05, 0.1) is 17.3 Å². The first-order valence-corrected chi connectivity index (χ1v) is 10.2. The van der Waals surface area contributed by atoms with E-state index in [1.165, 1.54) is 0 Å². The zero-order valence-electron chi connectivity index (χ0n) is 15.5. The number of phenols is 1. The molecular formula is C17H22N4O6S. The van der Waals surface area contributed by atoms with E-state index in [4.69, 9.17) is 10.4 Å². The van der Waals surface area contributed by atoms with Crippen LogP contribution < -0.4 is 11.2 Å². The first-order chi connectivity index (χ1) is 13.0. The normalized spacial score (nSPS) is 14.3. The number of carbonyl (C=O) groups is 2. The summed E-state index contributed by atoms with van der Waals surface area (Å²) in [5.74, 6) is 4.53. The Morgan fingerprint density at radius 3 is 2.61 bits per heavy atom. The molecule has 0 saturated heterocycles. The van der Waals surface area contributed by atoms with Gasteiger partial charge in [-0.3, -0.25) is 14.1 Å². The van der Waals surface area contributed by atoms with E-state index in [1.807, 2.05) is 6.92 Å². The van der Waals surface area contributed by atoms with Crippen LogP contribution in [0.1, 0.15) is 45.7 Å². The monoisotopic (exact) mass is 410 g/mol. The minimum atomic E-state index is -3.67. The molecule has 152 valence electrons. The number of aryl methyl sites for hydroxylation is 2. The van der Waals surface area contributed by atoms with Crippen molar-refractivity contribution in [1.29, 1.82) is 0 Å². The molecule has 0 atom stereocenters. The van der Waals surface area contributed by atoms with Gasteiger partial charge in [-0.15, -0.1) is 0 Å². The fourth-order valence-electron chi connectivity index (χ4n) is 3.14. The van der Waals surface area contributed by atoms with Crippen LogP contribution in [0, 0.1) is 6.92 Å². The molecule has 0 unspecified atom stereocenters. The average Bonchev–Trinajstić information content (AvgIpc) is 2.93. The summed E-state index contributed by atoms with van der Waals surface area (Å²) in [7, 11) is -3.67. The van der Waals surface area contributed by atoms with E-state index in [1.54, 1.807) is 16.7 Å². The number of aromatic nitrogens is 1. The highest BCUT2D eigenvalue weighted by atomic mass is 32.2. The molecule has 0 bridgehead atoms. The van der Waals surface area contributed by atoms with Crippen LogP contribution in [0.2, 0.25) is 0 Å². The molecule has 0 spiro atoms. The zero-order valence-corrected chi connectivity index (χ0v) is 16.3. The largest absolute Gasteiger partial charge is 0.507 e. The number of amides is 1. The van der Waals surface area contributed by atoms with Crippen molar-refractivity contribution in [2.75, 3.05) is 6.26 Å². The molecule has 0 saturated carbocycles. The van der Waals surface area contributed by atoms with Gasteiger partial charge in [-0.25, -0.2) is 0 Å². The van der Waals surface area contributed by atoms with Gasteiger partial charge in [0, 0.05) is 18.4 Å². The molecule has 1 aliphatic heterocycles. The summed E-state index contributed by atoms with van der Waals surface area (Å²) < 4.78 is 27.7. The molecule has 0 aliphatic carbocycles. The van der Waals surface area contributed by atoms with Gasteiger partial charge in [0.15, 0.2) is 5.78 Å². The highest BCUT2D eigenvalue weighted by Gasteiger charge is 2.25. The number of nitrogens with two attached hydrogens (primary N) is 1. The summed E-state index contributed by atoms with van der Waals surface area (Å²) in [4.78, 5) is 24.8. The van der Waals surface area contributed by atoms with Gasteiger partial charge in [-0.1, -0.05) is 0 Å². The Labute approximate surface area is 161 Å². The minimum absolute atomic E-state index is 0.0308. The number of hydrogen-bond acceptors (Lipinski definition) is 7. The number of hydrogen-bond donors (Lipinski definition) is 4. The van der Waals surface area contributed by atoms with E-state index in [9.17, 15) is 23.1 Å². The van der Waals surface area contributed by atoms with Gasteiger partial charge in [0.2, 0.25) is 0 Å². The van der Waals surface area contributed by atoms with Crippen LogP contribution in [0.25, 0.3) is 10.9 Å². The van der Waals surface area contributed by atoms with Crippen LogP contribution in [0.15, 0.2) is 17.2 Å². The SMILES string of the molecule is CS(=O)(=O)O.Cc1cc(O)c2c3c1cc(C(=O)NC=NN)n3CCCCC2=O. The molecule has 28 heavy (non-hydrogen) atoms. The number of hydrazone groups is 1. The van der Waals surface area contributed by atoms with Gasteiger partial charge in [-0.2, -0.15) is 13.5 Å². The Morgan fingerprint density at radius 1 is 1.36 bits per heavy atom. The van der Waals surface area contributed by atoms with Crippen molar-refractivity contribution in [3.8, 4) is 5.75 Å². The molecule has 3 rings (SSSR count). The van der Waals surface area contributed by atoms with Gasteiger partial charge in [-0.05, 0) is 37.5 Å². The maximum absolute atomic E-state index is 12.4. The Kier molecular flexibility index (Phi) is 6.41. The first-order valence-electron chi connectivity index (χ1n) is 8.38. The van der Waals surface area contributed by atoms with Crippen LogP contribution in [0.4, 0.5) is 0 Å². The van der Waals surface area contributed by atoms with Gasteiger partial charge in [0.25, 0.3) is 16.0 Å². The smallest absolute Gasteiger partial charge is 0.273 e. The third-order valence-electron chi connectivity index (χ3n) is 4.19. The van der Waals surface area contributed by atoms with Crippen molar-refractivity contribution < 1.29 is 27.7 Å². The molecule has 1 aromatic carbocycles. The van der Waals surface area contributed by atoms with Gasteiger partial charge < -0.3 is 20.8 Å². The summed E-state index contributed by atoms with van der Waals surface area (Å²) >= 11 is 0. The minimum Gasteiger partial charge on any atom is -0.507 e. The topological polar surface area (TPSA) is 164 Å². The third kappa shape index (κ3) is 4.87. The number of Topliss-reactive ketones (excluding diaryl/α,β-unsaturated/α-hetero) is 1. The van der Waals surface area contributed by atoms with Crippen LogP contribution in [-0.4, -0.2) is 46.9 Å². The zero-order chi connectivity index (χ0) is 21.1. The van der Waals surface area contributed by atoms with E-state index < -0.39 is 10.1 Å². The molecular weight excluding hydrogens is 388 g/mol. The summed E-state index contributed by atoms with van der Waals surface area (Å²) in [5.41, 5.74) is 2.17. The molecule has 2 aromatic rings. The number of aromatic hydroxyl groups is 1. The Bertz CT molecular complexity index is 1050. The Morgan fingerprint density at radius 2 is 2.00 bits per heavy atom. The Balaban J connectivity index is 0.000000500. The number of ketones is 1. The van der Waals surface area contributed by atoms with Crippen molar-refractivity contribution in [3.05, 3.63) is 29.0 Å². The van der Waals surface area contributed by atoms with Crippen LogP contribution in [0.3, 0.4) is 0 Å². The predicted molar refractivity (Wildman–Crippen MR) is 104 cm³/mol. The van der Waals surface area contributed by atoms with Crippen molar-refractivity contribution >= 4 is 39.1 Å². The summed E-state index contributed by atoms with van der Waals surface area (Å²) in [6.07, 6.45) is 3.74. The van der Waals surface area contributed by atoms with Gasteiger partial charge in [0.1, 0.15) is 17.8 Å². The predicted octanol–water partition coefficient (Wildman–Crippen LogP) is 1.16. The summed E-state index contributed by atoms with van der Waals surface area (Å²) in [5, 5.41) is 16.8. The van der Waals surface area contributed by atoms with E-state index in [-0.39, 0.29) is 17.4 Å². The first kappa shape index (κ1) is 21.4. The molecule has 2 heterocycles. The summed E-state index contributed by atoms with van der Waals surface area (Å²) in [6.45, 7) is 2.45. The highest BCUT2D eigenvalue weighted by Crippen LogP contribution is 2.35. The second kappa shape index (κ2) is 8.40. The molecule has 10 nitrogen and oxygen atoms in total. The lowest BCUT2D eigenvalue weighted by atomic mass is 9.98. The van der Waals surface area contributed by atoms with Crippen molar-refractivity contribution in [2.24, 2.45) is 10.9 Å². The maximum atomic E-state index is 12.4. The van der Waals surface area contributed by atoms with Crippen molar-refractivity contribution in [3.63, 3.8) is 0 Å². The number of phenolic OH excluding ortho intramolecular Hbond substituents is 1. The lowest BCUT2D eigenvalue weighted by molar-refractivity contribution is 0.0957. The maximum Gasteiger partial charge on any atom is 0.273 e. The number of rotatable bonds is 2. The van der Waals surface area contributed by atoms with Crippen LogP contribution in [-0.2, 0) is 16.7 Å². The van der Waals surface area contributed by atoms with Crippen molar-refractivity contribution in [2.45, 2.75) is 32.7 Å². The second-order valence-electron chi connectivity index (χ2n) is 6.40. The van der Waals surface area contributed by atoms with E-state index in [2.05, 4.69) is 10.4 Å². The fourth-order valence-corrected chi connectivity index (χ4v) is 3.14. The number of benzene rings is 1. The molecule has 0 fully saturated rings. The van der Waals surface area contributed by atoms with E-state index in [0.29, 0.717) is 36.0 Å². The number of carbonyl (C=O) groups excluding carboxylic acids is 2. The quantitative estimate of drug-likeness (QED) is 0.190. The van der Waals surface area contributed by atoms with E-state index in [0.717, 1.165) is 30.1 Å². The molecule has 11 heteroatoms. The molecule has 1 amide bonds. The number of nitrogens with zero attached hydrogens (tertiary/aromatic N) is 2. The lowest BCUT2D eigenvalue weighted by Crippen LogP contribution is -2.25. The standard InChI is InChI=1S/C16H18N4O3.CH4O3S/c1-9-6-13(22)14-12(21)4-2-3-5-20-11(7-10(9)15(14)20)16(23)18-8-19-17;1-5(2,3)4/h6-8,22H,2-5,17H2,1H3,(H,18,19,23);1H3,(H,2,3,4). The van der Waals surface area contributed by atoms with Gasteiger partial charge >= 0.3 is 0 Å². The average molecular weight is 410 g/mol. The second-order valence-corrected chi connectivity index (χ2v) is 7.86.